The average Bonchev–Trinajstić information content (AvgIpc) is 3.02. The second-order valence-corrected chi connectivity index (χ2v) is 10.5. The number of nitrogens with two attached hydrogens (primary N) is 1. The number of carbonyl (C=O) groups is 2. The van der Waals surface area contributed by atoms with Gasteiger partial charge in [0.15, 0.2) is 5.96 Å². The van der Waals surface area contributed by atoms with Crippen LogP contribution >= 0.6 is 0 Å². The fraction of sp³-hybridized carbons (Fsp3) is 0.692. The Kier molecular flexibility index (Phi) is 7.35. The number of nitrogens with one attached hydrogen (secondary N) is 1. The molecule has 1 aliphatic heterocycles. The lowest BCUT2D eigenvalue weighted by atomic mass is 9.74. The third-order valence-corrected chi connectivity index (χ3v) is 7.98. The molecule has 2 saturated carbocycles. The fourth-order valence-corrected chi connectivity index (χ4v) is 6.03. The molecule has 2 fully saturated rings. The van der Waals surface area contributed by atoms with Crippen LogP contribution in [0.4, 0.5) is 0 Å². The zero-order valence-corrected chi connectivity index (χ0v) is 20.2. The standard InChI is InChI=1S/C26H39N5O2/c1-18-11-12-21(17-28-18)23(32)29-22-10-6-9-20(15-22)16-26(24(33)31(2)25(27)30-26)14-13-19-7-4-3-5-8-19/h11-12,17,19-20,22H,3-10,13-16H2,1-2H3,(H2,27,30)(H,29,32)/t20-,22+,26+/m0/s1. The maximum absolute atomic E-state index is 13.3. The van der Waals surface area contributed by atoms with Crippen molar-refractivity contribution in [3.8, 4) is 0 Å². The molecule has 3 N–H and O–H groups in total. The van der Waals surface area contributed by atoms with Crippen molar-refractivity contribution in [3.63, 3.8) is 0 Å². The summed E-state index contributed by atoms with van der Waals surface area (Å²) in [5.74, 6) is 1.37. The summed E-state index contributed by atoms with van der Waals surface area (Å²) in [7, 11) is 1.74. The largest absolute Gasteiger partial charge is 0.369 e. The molecular weight excluding hydrogens is 414 g/mol. The number of nitrogens with zero attached hydrogens (tertiary/aromatic N) is 3. The second-order valence-electron chi connectivity index (χ2n) is 10.5. The highest BCUT2D eigenvalue weighted by atomic mass is 16.2. The summed E-state index contributed by atoms with van der Waals surface area (Å²) < 4.78 is 0. The lowest BCUT2D eigenvalue weighted by Crippen LogP contribution is -2.45. The summed E-state index contributed by atoms with van der Waals surface area (Å²) in [5, 5.41) is 3.20. The van der Waals surface area contributed by atoms with E-state index in [1.165, 1.54) is 37.0 Å². The van der Waals surface area contributed by atoms with E-state index in [1.807, 2.05) is 19.1 Å². The molecule has 33 heavy (non-hydrogen) atoms. The summed E-state index contributed by atoms with van der Waals surface area (Å²) >= 11 is 0. The first-order chi connectivity index (χ1) is 15.9. The lowest BCUT2D eigenvalue weighted by molar-refractivity contribution is -0.131. The van der Waals surface area contributed by atoms with Gasteiger partial charge in [0.1, 0.15) is 5.54 Å². The molecule has 7 nitrogen and oxygen atoms in total. The van der Waals surface area contributed by atoms with Crippen molar-refractivity contribution in [1.82, 2.24) is 15.2 Å². The number of aromatic nitrogens is 1. The first-order valence-electron chi connectivity index (χ1n) is 12.7. The highest BCUT2D eigenvalue weighted by molar-refractivity contribution is 6.06. The van der Waals surface area contributed by atoms with E-state index < -0.39 is 5.54 Å². The normalized spacial score (nSPS) is 28.6. The monoisotopic (exact) mass is 453 g/mol. The zero-order valence-electron chi connectivity index (χ0n) is 20.2. The highest BCUT2D eigenvalue weighted by Crippen LogP contribution is 2.40. The Hall–Kier alpha value is -2.44. The van der Waals surface area contributed by atoms with Crippen molar-refractivity contribution < 1.29 is 9.59 Å². The molecule has 0 aromatic carbocycles. The van der Waals surface area contributed by atoms with Crippen molar-refractivity contribution in [3.05, 3.63) is 29.6 Å². The van der Waals surface area contributed by atoms with E-state index in [0.717, 1.165) is 50.6 Å². The zero-order chi connectivity index (χ0) is 23.4. The van der Waals surface area contributed by atoms with E-state index in [-0.39, 0.29) is 17.9 Å². The number of rotatable bonds is 7. The van der Waals surface area contributed by atoms with Crippen LogP contribution in [0.5, 0.6) is 0 Å². The minimum atomic E-state index is -0.728. The van der Waals surface area contributed by atoms with Crippen LogP contribution in [0.3, 0.4) is 0 Å². The molecule has 3 aliphatic rings. The first kappa shape index (κ1) is 23.7. The van der Waals surface area contributed by atoms with E-state index in [4.69, 9.17) is 10.7 Å². The predicted octanol–water partition coefficient (Wildman–Crippen LogP) is 3.95. The van der Waals surface area contributed by atoms with Gasteiger partial charge in [-0.15, -0.1) is 0 Å². The summed E-state index contributed by atoms with van der Waals surface area (Å²) in [4.78, 5) is 36.6. The summed E-state index contributed by atoms with van der Waals surface area (Å²) in [6.45, 7) is 1.91. The Balaban J connectivity index is 1.40. The van der Waals surface area contributed by atoms with Crippen LogP contribution in [0.1, 0.15) is 93.1 Å². The van der Waals surface area contributed by atoms with Gasteiger partial charge in [-0.1, -0.05) is 44.9 Å². The van der Waals surface area contributed by atoms with Crippen LogP contribution < -0.4 is 11.1 Å². The summed E-state index contributed by atoms with van der Waals surface area (Å²) in [6, 6.07) is 3.80. The number of aryl methyl sites for hydroxylation is 1. The van der Waals surface area contributed by atoms with Gasteiger partial charge in [0, 0.05) is 25.0 Å². The van der Waals surface area contributed by atoms with Gasteiger partial charge in [-0.25, -0.2) is 4.99 Å². The Morgan fingerprint density at radius 3 is 2.58 bits per heavy atom. The van der Waals surface area contributed by atoms with Gasteiger partial charge in [0.2, 0.25) is 0 Å². The number of pyridine rings is 1. The predicted molar refractivity (Wildman–Crippen MR) is 130 cm³/mol. The third kappa shape index (κ3) is 5.56. The first-order valence-corrected chi connectivity index (χ1v) is 12.7. The molecule has 1 aromatic heterocycles. The molecule has 0 unspecified atom stereocenters. The quantitative estimate of drug-likeness (QED) is 0.653. The van der Waals surface area contributed by atoms with Crippen molar-refractivity contribution in [2.45, 2.75) is 95.6 Å². The number of carbonyl (C=O) groups excluding carboxylic acids is 2. The number of likely N-dealkylation sites (N-methyl/N-ethyl adjacent to an activating group) is 1. The number of amides is 2. The maximum atomic E-state index is 13.3. The van der Waals surface area contributed by atoms with E-state index >= 15 is 0 Å². The van der Waals surface area contributed by atoms with Crippen molar-refractivity contribution >= 4 is 17.8 Å². The molecular formula is C26H39N5O2. The molecule has 2 heterocycles. The summed E-state index contributed by atoms with van der Waals surface area (Å²) in [5.41, 5.74) is 6.88. The topological polar surface area (TPSA) is 101 Å². The summed E-state index contributed by atoms with van der Waals surface area (Å²) in [6.07, 6.45) is 14.6. The van der Waals surface area contributed by atoms with Crippen molar-refractivity contribution in [2.75, 3.05) is 7.05 Å². The van der Waals surface area contributed by atoms with Crippen LogP contribution in [-0.4, -0.2) is 46.3 Å². The molecule has 1 aromatic rings. The molecule has 0 spiro atoms. The number of hydrogen-bond acceptors (Lipinski definition) is 5. The molecule has 0 bridgehead atoms. The van der Waals surface area contributed by atoms with E-state index in [0.29, 0.717) is 23.4 Å². The number of aliphatic imine (C=N–C) groups is 1. The van der Waals surface area contributed by atoms with Gasteiger partial charge in [-0.3, -0.25) is 19.5 Å². The number of hydrogen-bond donors (Lipinski definition) is 2. The molecule has 2 amide bonds. The molecule has 4 rings (SSSR count). The Morgan fingerprint density at radius 1 is 1.15 bits per heavy atom. The fourth-order valence-electron chi connectivity index (χ4n) is 6.03. The number of guanidine groups is 1. The Bertz CT molecular complexity index is 877. The highest BCUT2D eigenvalue weighted by Gasteiger charge is 2.48. The third-order valence-electron chi connectivity index (χ3n) is 7.98. The second kappa shape index (κ2) is 10.2. The van der Waals surface area contributed by atoms with E-state index in [1.54, 1.807) is 13.2 Å². The van der Waals surface area contributed by atoms with Gasteiger partial charge in [0.25, 0.3) is 11.8 Å². The Labute approximate surface area is 197 Å². The molecule has 0 radical (unpaired) electrons. The van der Waals surface area contributed by atoms with Crippen LogP contribution in [0.25, 0.3) is 0 Å². The van der Waals surface area contributed by atoms with Gasteiger partial charge < -0.3 is 11.1 Å². The minimum Gasteiger partial charge on any atom is -0.369 e. The Morgan fingerprint density at radius 2 is 1.91 bits per heavy atom. The SMILES string of the molecule is Cc1ccc(C(=O)N[C@@H]2CCC[C@H](C[C@@]3(CCC4CCCCC4)N=C(N)N(C)C3=O)C2)cn1. The van der Waals surface area contributed by atoms with Gasteiger partial charge in [-0.2, -0.15) is 0 Å². The van der Waals surface area contributed by atoms with E-state index in [9.17, 15) is 9.59 Å². The van der Waals surface area contributed by atoms with E-state index in [2.05, 4.69) is 10.3 Å². The van der Waals surface area contributed by atoms with Crippen LogP contribution in [0, 0.1) is 18.8 Å². The minimum absolute atomic E-state index is 0.0488. The van der Waals surface area contributed by atoms with Gasteiger partial charge in [0.05, 0.1) is 5.56 Å². The van der Waals surface area contributed by atoms with Gasteiger partial charge in [-0.05, 0) is 63.0 Å². The molecule has 3 atom stereocenters. The lowest BCUT2D eigenvalue weighted by Gasteiger charge is -2.35. The van der Waals surface area contributed by atoms with Crippen molar-refractivity contribution in [1.29, 1.82) is 0 Å². The maximum Gasteiger partial charge on any atom is 0.257 e. The molecule has 180 valence electrons. The average molecular weight is 454 g/mol. The van der Waals surface area contributed by atoms with Gasteiger partial charge >= 0.3 is 0 Å². The molecule has 2 aliphatic carbocycles. The molecule has 0 saturated heterocycles. The molecule has 7 heteroatoms. The van der Waals surface area contributed by atoms with Crippen LogP contribution in [0.2, 0.25) is 0 Å². The smallest absolute Gasteiger partial charge is 0.257 e. The van der Waals surface area contributed by atoms with Crippen molar-refractivity contribution in [2.24, 2.45) is 22.6 Å². The van der Waals surface area contributed by atoms with Crippen LogP contribution in [0.15, 0.2) is 23.3 Å². The van der Waals surface area contributed by atoms with Crippen LogP contribution in [-0.2, 0) is 4.79 Å².